The first kappa shape index (κ1) is 12.6. The van der Waals surface area contributed by atoms with E-state index in [0.717, 1.165) is 5.92 Å². The van der Waals surface area contributed by atoms with Gasteiger partial charge in [-0.3, -0.25) is 0 Å². The van der Waals surface area contributed by atoms with E-state index >= 15 is 0 Å². The molecule has 0 unspecified atom stereocenters. The summed E-state index contributed by atoms with van der Waals surface area (Å²) in [6.07, 6.45) is 6.75. The molecular formula is C16H25N. The Hall–Kier alpha value is -0.820. The van der Waals surface area contributed by atoms with Crippen LogP contribution in [-0.4, -0.2) is 24.5 Å². The average Bonchev–Trinajstić information content (AvgIpc) is 2.41. The normalized spacial score (nSPS) is 18.4. The molecule has 0 bridgehead atoms. The molecule has 0 aliphatic carbocycles. The minimum Gasteiger partial charge on any atom is -0.303 e. The van der Waals surface area contributed by atoms with Gasteiger partial charge in [0.15, 0.2) is 0 Å². The fourth-order valence-electron chi connectivity index (χ4n) is 2.77. The smallest absolute Gasteiger partial charge is 0.00156 e. The molecule has 1 saturated heterocycles. The zero-order chi connectivity index (χ0) is 11.9. The Bertz CT molecular complexity index is 299. The van der Waals surface area contributed by atoms with Crippen LogP contribution in [0.4, 0.5) is 0 Å². The van der Waals surface area contributed by atoms with Crippen molar-refractivity contribution in [2.45, 2.75) is 39.0 Å². The molecule has 1 aromatic rings. The van der Waals surface area contributed by atoms with Gasteiger partial charge in [-0.1, -0.05) is 43.7 Å². The van der Waals surface area contributed by atoms with Crippen LogP contribution < -0.4 is 0 Å². The number of benzene rings is 1. The molecule has 0 radical (unpaired) electrons. The molecule has 94 valence electrons. The van der Waals surface area contributed by atoms with E-state index in [0.29, 0.717) is 0 Å². The summed E-state index contributed by atoms with van der Waals surface area (Å²) in [6.45, 7) is 6.27. The molecule has 0 aromatic heterocycles. The molecule has 0 saturated carbocycles. The summed E-state index contributed by atoms with van der Waals surface area (Å²) < 4.78 is 0. The Morgan fingerprint density at radius 2 is 1.82 bits per heavy atom. The third-order valence-corrected chi connectivity index (χ3v) is 4.07. The molecule has 1 heteroatoms. The maximum Gasteiger partial charge on any atom is -0.00156 e. The van der Waals surface area contributed by atoms with Gasteiger partial charge in [-0.15, -0.1) is 0 Å². The molecule has 1 nitrogen and oxygen atoms in total. The first-order valence-electron chi connectivity index (χ1n) is 7.14. The summed E-state index contributed by atoms with van der Waals surface area (Å²) in [5.74, 6) is 1.00. The molecule has 2 rings (SSSR count). The SMILES string of the molecule is CCC1CCN(CCCc2ccccc2)CC1. The van der Waals surface area contributed by atoms with Crippen molar-refractivity contribution in [3.05, 3.63) is 35.9 Å². The second-order valence-corrected chi connectivity index (χ2v) is 5.28. The number of hydrogen-bond donors (Lipinski definition) is 0. The standard InChI is InChI=1S/C16H25N/c1-2-15-10-13-17(14-11-15)12-6-9-16-7-4-3-5-8-16/h3-5,7-8,15H,2,6,9-14H2,1H3. The van der Waals surface area contributed by atoms with Gasteiger partial charge in [0.25, 0.3) is 0 Å². The summed E-state index contributed by atoms with van der Waals surface area (Å²) in [5.41, 5.74) is 1.48. The number of rotatable bonds is 5. The van der Waals surface area contributed by atoms with Crippen LogP contribution in [0.3, 0.4) is 0 Å². The summed E-state index contributed by atoms with van der Waals surface area (Å²) >= 11 is 0. The molecule has 1 heterocycles. The lowest BCUT2D eigenvalue weighted by molar-refractivity contribution is 0.180. The number of aryl methyl sites for hydroxylation is 1. The van der Waals surface area contributed by atoms with Crippen molar-refractivity contribution < 1.29 is 0 Å². The van der Waals surface area contributed by atoms with E-state index in [9.17, 15) is 0 Å². The van der Waals surface area contributed by atoms with Crippen molar-refractivity contribution in [1.82, 2.24) is 4.90 Å². The largest absolute Gasteiger partial charge is 0.303 e. The van der Waals surface area contributed by atoms with Gasteiger partial charge < -0.3 is 4.90 Å². The summed E-state index contributed by atoms with van der Waals surface area (Å²) in [6, 6.07) is 10.9. The topological polar surface area (TPSA) is 3.24 Å². The lowest BCUT2D eigenvalue weighted by Crippen LogP contribution is -2.34. The number of piperidine rings is 1. The van der Waals surface area contributed by atoms with Crippen molar-refractivity contribution in [2.24, 2.45) is 5.92 Å². The molecule has 1 fully saturated rings. The zero-order valence-electron chi connectivity index (χ0n) is 11.1. The third-order valence-electron chi connectivity index (χ3n) is 4.07. The van der Waals surface area contributed by atoms with Gasteiger partial charge >= 0.3 is 0 Å². The van der Waals surface area contributed by atoms with Crippen LogP contribution in [0.5, 0.6) is 0 Å². The lowest BCUT2D eigenvalue weighted by atomic mass is 9.94. The fourth-order valence-corrected chi connectivity index (χ4v) is 2.77. The zero-order valence-corrected chi connectivity index (χ0v) is 11.1. The van der Waals surface area contributed by atoms with Gasteiger partial charge in [0.05, 0.1) is 0 Å². The molecule has 0 atom stereocenters. The Labute approximate surface area is 106 Å². The van der Waals surface area contributed by atoms with E-state index in [1.165, 1.54) is 57.3 Å². The first-order chi connectivity index (χ1) is 8.38. The highest BCUT2D eigenvalue weighted by Crippen LogP contribution is 2.20. The van der Waals surface area contributed by atoms with E-state index < -0.39 is 0 Å². The summed E-state index contributed by atoms with van der Waals surface area (Å²) in [7, 11) is 0. The molecule has 1 aliphatic rings. The highest BCUT2D eigenvalue weighted by atomic mass is 15.1. The maximum atomic E-state index is 2.65. The molecule has 1 aliphatic heterocycles. The number of likely N-dealkylation sites (tertiary alicyclic amines) is 1. The van der Waals surface area contributed by atoms with Crippen molar-refractivity contribution >= 4 is 0 Å². The maximum absolute atomic E-state index is 2.65. The summed E-state index contributed by atoms with van der Waals surface area (Å²) in [5, 5.41) is 0. The molecule has 0 N–H and O–H groups in total. The Morgan fingerprint density at radius 1 is 1.12 bits per heavy atom. The highest BCUT2D eigenvalue weighted by molar-refractivity contribution is 5.14. The molecule has 1 aromatic carbocycles. The van der Waals surface area contributed by atoms with Gasteiger partial charge in [0, 0.05) is 0 Å². The van der Waals surface area contributed by atoms with Gasteiger partial charge in [-0.05, 0) is 56.8 Å². The minimum atomic E-state index is 1.00. The lowest BCUT2D eigenvalue weighted by Gasteiger charge is -2.31. The van der Waals surface area contributed by atoms with Gasteiger partial charge in [0.2, 0.25) is 0 Å². The van der Waals surface area contributed by atoms with Crippen LogP contribution in [0.15, 0.2) is 30.3 Å². The minimum absolute atomic E-state index is 1.00. The Morgan fingerprint density at radius 3 is 2.47 bits per heavy atom. The molecule has 0 amide bonds. The van der Waals surface area contributed by atoms with E-state index in [1.54, 1.807) is 0 Å². The molecule has 0 spiro atoms. The predicted octanol–water partition coefficient (Wildman–Crippen LogP) is 3.74. The van der Waals surface area contributed by atoms with Gasteiger partial charge in [-0.2, -0.15) is 0 Å². The molecular weight excluding hydrogens is 206 g/mol. The Balaban J connectivity index is 1.63. The average molecular weight is 231 g/mol. The van der Waals surface area contributed by atoms with Crippen LogP contribution in [0.1, 0.15) is 38.2 Å². The van der Waals surface area contributed by atoms with Crippen LogP contribution in [0.2, 0.25) is 0 Å². The summed E-state index contributed by atoms with van der Waals surface area (Å²) in [4.78, 5) is 2.65. The van der Waals surface area contributed by atoms with Crippen LogP contribution in [0.25, 0.3) is 0 Å². The predicted molar refractivity (Wildman–Crippen MR) is 74.2 cm³/mol. The van der Waals surface area contributed by atoms with Crippen molar-refractivity contribution in [1.29, 1.82) is 0 Å². The van der Waals surface area contributed by atoms with E-state index in [1.807, 2.05) is 0 Å². The Kier molecular flexibility index (Phi) is 5.06. The van der Waals surface area contributed by atoms with Crippen LogP contribution >= 0.6 is 0 Å². The monoisotopic (exact) mass is 231 g/mol. The van der Waals surface area contributed by atoms with E-state index in [2.05, 4.69) is 42.2 Å². The van der Waals surface area contributed by atoms with E-state index in [-0.39, 0.29) is 0 Å². The van der Waals surface area contributed by atoms with Crippen LogP contribution in [0, 0.1) is 5.92 Å². The number of hydrogen-bond acceptors (Lipinski definition) is 1. The molecule has 17 heavy (non-hydrogen) atoms. The van der Waals surface area contributed by atoms with Gasteiger partial charge in [0.1, 0.15) is 0 Å². The van der Waals surface area contributed by atoms with Crippen molar-refractivity contribution in [2.75, 3.05) is 19.6 Å². The van der Waals surface area contributed by atoms with Crippen molar-refractivity contribution in [3.63, 3.8) is 0 Å². The third kappa shape index (κ3) is 4.16. The van der Waals surface area contributed by atoms with Crippen molar-refractivity contribution in [3.8, 4) is 0 Å². The quantitative estimate of drug-likeness (QED) is 0.746. The fraction of sp³-hybridized carbons (Fsp3) is 0.625. The second kappa shape index (κ2) is 6.80. The number of nitrogens with zero attached hydrogens (tertiary/aromatic N) is 1. The van der Waals surface area contributed by atoms with Crippen LogP contribution in [-0.2, 0) is 6.42 Å². The highest BCUT2D eigenvalue weighted by Gasteiger charge is 2.16. The van der Waals surface area contributed by atoms with E-state index in [4.69, 9.17) is 0 Å². The van der Waals surface area contributed by atoms with Gasteiger partial charge in [-0.25, -0.2) is 0 Å². The second-order valence-electron chi connectivity index (χ2n) is 5.28. The first-order valence-corrected chi connectivity index (χ1v) is 7.14.